The van der Waals surface area contributed by atoms with E-state index in [1.54, 1.807) is 0 Å². The van der Waals surface area contributed by atoms with Gasteiger partial charge in [-0.1, -0.05) is 6.07 Å². The lowest BCUT2D eigenvalue weighted by atomic mass is 9.73. The van der Waals surface area contributed by atoms with Gasteiger partial charge in [-0.2, -0.15) is 4.39 Å². The number of anilines is 1. The number of rotatable bonds is 5. The summed E-state index contributed by atoms with van der Waals surface area (Å²) >= 11 is 0. The molecule has 2 unspecified atom stereocenters. The Morgan fingerprint density at radius 1 is 1.33 bits per heavy atom. The van der Waals surface area contributed by atoms with E-state index in [-0.39, 0.29) is 17.9 Å². The molecule has 2 saturated carbocycles. The molecule has 158 valence electrons. The van der Waals surface area contributed by atoms with Crippen molar-refractivity contribution in [3.63, 3.8) is 0 Å². The smallest absolute Gasteiger partial charge is 0.267 e. The highest BCUT2D eigenvalue weighted by Crippen LogP contribution is 2.73. The summed E-state index contributed by atoms with van der Waals surface area (Å²) < 4.78 is 33.3. The van der Waals surface area contributed by atoms with E-state index in [1.165, 1.54) is 31.5 Å². The molecule has 0 bridgehead atoms. The maximum Gasteiger partial charge on any atom is 0.267 e. The van der Waals surface area contributed by atoms with E-state index < -0.39 is 40.4 Å². The molecule has 4 N–H and O–H groups in total. The van der Waals surface area contributed by atoms with E-state index in [0.717, 1.165) is 6.07 Å². The van der Waals surface area contributed by atoms with Crippen LogP contribution in [0.1, 0.15) is 41.7 Å². The van der Waals surface area contributed by atoms with Gasteiger partial charge < -0.3 is 20.9 Å². The van der Waals surface area contributed by atoms with Gasteiger partial charge in [0.05, 0.1) is 18.6 Å². The Morgan fingerprint density at radius 3 is 2.80 bits per heavy atom. The lowest BCUT2D eigenvalue weighted by molar-refractivity contribution is -0.127. The zero-order chi connectivity index (χ0) is 21.7. The monoisotopic (exact) mass is 417 g/mol. The van der Waals surface area contributed by atoms with Gasteiger partial charge in [0, 0.05) is 22.9 Å². The van der Waals surface area contributed by atoms with Crippen molar-refractivity contribution in [2.45, 2.75) is 37.2 Å². The molecule has 30 heavy (non-hydrogen) atoms. The van der Waals surface area contributed by atoms with E-state index in [2.05, 4.69) is 10.3 Å². The average molecular weight is 417 g/mol. The molecule has 0 saturated heterocycles. The number of nitrogens with two attached hydrogens (primary N) is 1. The Balaban J connectivity index is 1.73. The molecule has 2 fully saturated rings. The van der Waals surface area contributed by atoms with Gasteiger partial charge in [-0.3, -0.25) is 14.6 Å². The van der Waals surface area contributed by atoms with Crippen LogP contribution in [-0.2, 0) is 10.2 Å². The van der Waals surface area contributed by atoms with E-state index in [0.29, 0.717) is 30.5 Å². The first-order chi connectivity index (χ1) is 14.3. The number of fused-ring (bicyclic) bond motifs is 1. The number of carbonyl (C=O) groups is 2. The number of carbonyl (C=O) groups excluding carboxylic acids is 2. The van der Waals surface area contributed by atoms with Gasteiger partial charge in [0.25, 0.3) is 5.91 Å². The summed E-state index contributed by atoms with van der Waals surface area (Å²) in [7, 11) is 1.24. The number of nitrogens with one attached hydrogen (secondary N) is 1. The van der Waals surface area contributed by atoms with Gasteiger partial charge in [0.2, 0.25) is 11.7 Å². The first-order valence-electron chi connectivity index (χ1n) is 9.54. The summed E-state index contributed by atoms with van der Waals surface area (Å²) in [5.41, 5.74) is 3.78. The number of amides is 2. The van der Waals surface area contributed by atoms with E-state index in [1.807, 2.05) is 0 Å². The second-order valence-electron chi connectivity index (χ2n) is 7.83. The predicted molar refractivity (Wildman–Crippen MR) is 103 cm³/mol. The number of primary amides is 1. The lowest BCUT2D eigenvalue weighted by Gasteiger charge is -2.34. The average Bonchev–Trinajstić information content (AvgIpc) is 3.43. The highest BCUT2D eigenvalue weighted by Gasteiger charge is 2.77. The number of halogens is 2. The zero-order valence-corrected chi connectivity index (χ0v) is 16.2. The fourth-order valence-corrected chi connectivity index (χ4v) is 4.94. The molecular formula is C21H21F2N3O4. The molecule has 9 heteroatoms. The summed E-state index contributed by atoms with van der Waals surface area (Å²) in [4.78, 5) is 28.5. The van der Waals surface area contributed by atoms with Crippen LogP contribution in [0.25, 0.3) is 0 Å². The third-order valence-electron chi connectivity index (χ3n) is 6.40. The number of nitrogens with zero attached hydrogens (tertiary/aromatic N) is 1. The van der Waals surface area contributed by atoms with Gasteiger partial charge in [-0.25, -0.2) is 4.39 Å². The number of methoxy groups -OCH3 is 1. The first kappa shape index (κ1) is 20.2. The Kier molecular flexibility index (Phi) is 4.73. The van der Waals surface area contributed by atoms with Crippen molar-refractivity contribution in [1.29, 1.82) is 0 Å². The summed E-state index contributed by atoms with van der Waals surface area (Å²) in [6.45, 7) is 0. The Hall–Kier alpha value is -3.07. The van der Waals surface area contributed by atoms with E-state index >= 15 is 0 Å². The summed E-state index contributed by atoms with van der Waals surface area (Å²) in [5.74, 6) is -3.63. The summed E-state index contributed by atoms with van der Waals surface area (Å²) in [5, 5.41) is 13.5. The lowest BCUT2D eigenvalue weighted by Crippen LogP contribution is -2.43. The number of aliphatic hydroxyl groups is 1. The SMILES string of the molecule is COc1c(C23CCC[C@H](O)C2(C(=O)Nc2ccnc(C(N)=O)c2)C3)ccc(F)c1F. The molecular weight excluding hydrogens is 396 g/mol. The Labute approximate surface area is 171 Å². The minimum Gasteiger partial charge on any atom is -0.493 e. The molecule has 1 heterocycles. The van der Waals surface area contributed by atoms with Crippen LogP contribution >= 0.6 is 0 Å². The van der Waals surface area contributed by atoms with E-state index in [9.17, 15) is 23.5 Å². The van der Waals surface area contributed by atoms with Crippen LogP contribution in [0.3, 0.4) is 0 Å². The maximum absolute atomic E-state index is 14.4. The summed E-state index contributed by atoms with van der Waals surface area (Å²) in [6, 6.07) is 5.26. The van der Waals surface area contributed by atoms with Crippen LogP contribution in [0, 0.1) is 17.0 Å². The van der Waals surface area contributed by atoms with Crippen molar-refractivity contribution >= 4 is 17.5 Å². The minimum atomic E-state index is -1.22. The van der Waals surface area contributed by atoms with E-state index in [4.69, 9.17) is 10.5 Å². The molecule has 0 spiro atoms. The van der Waals surface area contributed by atoms with Crippen LogP contribution in [-0.4, -0.2) is 35.1 Å². The van der Waals surface area contributed by atoms with Crippen molar-refractivity contribution in [3.05, 3.63) is 53.4 Å². The summed E-state index contributed by atoms with van der Waals surface area (Å²) in [6.07, 6.45) is 2.18. The molecule has 1 aromatic carbocycles. The normalized spacial score (nSPS) is 27.1. The molecule has 2 amide bonds. The number of aromatic nitrogens is 1. The number of pyridine rings is 1. The predicted octanol–water partition coefficient (Wildman–Crippen LogP) is 2.28. The Bertz CT molecular complexity index is 1050. The molecule has 4 rings (SSSR count). The van der Waals surface area contributed by atoms with Crippen molar-refractivity contribution in [1.82, 2.24) is 4.98 Å². The van der Waals surface area contributed by atoms with Gasteiger partial charge in [0.15, 0.2) is 11.6 Å². The van der Waals surface area contributed by atoms with Crippen molar-refractivity contribution in [2.24, 2.45) is 11.1 Å². The quantitative estimate of drug-likeness (QED) is 0.691. The van der Waals surface area contributed by atoms with Gasteiger partial charge in [-0.15, -0.1) is 0 Å². The molecule has 0 aliphatic heterocycles. The minimum absolute atomic E-state index is 0.0150. The molecule has 2 aliphatic carbocycles. The number of hydrogen-bond donors (Lipinski definition) is 3. The van der Waals surface area contributed by atoms with Gasteiger partial charge >= 0.3 is 0 Å². The third-order valence-corrected chi connectivity index (χ3v) is 6.40. The number of hydrogen-bond acceptors (Lipinski definition) is 5. The molecule has 2 aliphatic rings. The second-order valence-corrected chi connectivity index (χ2v) is 7.83. The highest BCUT2D eigenvalue weighted by atomic mass is 19.2. The van der Waals surface area contributed by atoms with Crippen LogP contribution in [0.15, 0.2) is 30.5 Å². The fourth-order valence-electron chi connectivity index (χ4n) is 4.94. The van der Waals surface area contributed by atoms with Crippen molar-refractivity contribution < 1.29 is 28.2 Å². The Morgan fingerprint density at radius 2 is 2.10 bits per heavy atom. The first-order valence-corrected chi connectivity index (χ1v) is 9.54. The highest BCUT2D eigenvalue weighted by molar-refractivity contribution is 6.01. The van der Waals surface area contributed by atoms with Gasteiger partial charge in [0.1, 0.15) is 5.69 Å². The standard InChI is InChI=1S/C21H21F2N3O4/c1-30-17-12(4-5-13(22)16(17)23)20-7-2-3-15(27)21(20,10-20)19(29)26-11-6-8-25-14(9-11)18(24)28/h4-6,8-9,15,27H,2-3,7,10H2,1H3,(H2,24,28)(H,25,26,29)/t15-,20?,21?/m0/s1. The van der Waals surface area contributed by atoms with Crippen molar-refractivity contribution in [2.75, 3.05) is 12.4 Å². The van der Waals surface area contributed by atoms with Crippen molar-refractivity contribution in [3.8, 4) is 5.75 Å². The number of ether oxygens (including phenoxy) is 1. The fraction of sp³-hybridized carbons (Fsp3) is 0.381. The largest absolute Gasteiger partial charge is 0.493 e. The molecule has 2 aromatic rings. The number of aliphatic hydroxyl groups excluding tert-OH is 1. The molecule has 1 aromatic heterocycles. The van der Waals surface area contributed by atoms with Gasteiger partial charge in [-0.05, 0) is 43.9 Å². The maximum atomic E-state index is 14.4. The topological polar surface area (TPSA) is 115 Å². The third kappa shape index (κ3) is 2.76. The zero-order valence-electron chi connectivity index (χ0n) is 16.2. The van der Waals surface area contributed by atoms with Crippen LogP contribution < -0.4 is 15.8 Å². The van der Waals surface area contributed by atoms with Crippen LogP contribution in [0.2, 0.25) is 0 Å². The number of benzene rings is 1. The molecule has 0 radical (unpaired) electrons. The van der Waals surface area contributed by atoms with Crippen LogP contribution in [0.4, 0.5) is 14.5 Å². The van der Waals surface area contributed by atoms with Crippen LogP contribution in [0.5, 0.6) is 5.75 Å². The molecule has 3 atom stereocenters. The molecule has 7 nitrogen and oxygen atoms in total. The second kappa shape index (κ2) is 7.02.